The molecule has 0 bridgehead atoms. The summed E-state index contributed by atoms with van der Waals surface area (Å²) >= 11 is 23.5. The number of halogens is 4. The Morgan fingerprint density at radius 3 is 2.19 bits per heavy atom. The summed E-state index contributed by atoms with van der Waals surface area (Å²) < 4.78 is 26.8. The molecular weight excluding hydrogens is 438 g/mol. The van der Waals surface area contributed by atoms with Gasteiger partial charge in [-0.25, -0.2) is 0 Å². The smallest absolute Gasteiger partial charge is 0.180 e. The molecule has 0 aliphatic rings. The van der Waals surface area contributed by atoms with E-state index >= 15 is 0 Å². The van der Waals surface area contributed by atoms with Gasteiger partial charge in [-0.3, -0.25) is 0 Å². The minimum Gasteiger partial charge on any atom is -0.490 e. The third kappa shape index (κ3) is 10.6. The van der Waals surface area contributed by atoms with Crippen LogP contribution in [-0.4, -0.2) is 46.9 Å². The Morgan fingerprint density at radius 2 is 1.59 bits per heavy atom. The summed E-state index contributed by atoms with van der Waals surface area (Å²) in [6, 6.07) is 3.27. The van der Waals surface area contributed by atoms with E-state index in [0.29, 0.717) is 41.4 Å². The Hall–Kier alpha value is -0.400. The molecule has 0 aromatic heterocycles. The molecule has 0 atom stereocenters. The molecule has 0 N–H and O–H groups in total. The van der Waals surface area contributed by atoms with Crippen molar-refractivity contribution in [3.05, 3.63) is 32.7 Å². The van der Waals surface area contributed by atoms with Crippen LogP contribution in [-0.2, 0) is 14.2 Å². The first-order chi connectivity index (χ1) is 13.0. The maximum absolute atomic E-state index is 6.21. The van der Waals surface area contributed by atoms with Crippen molar-refractivity contribution in [1.29, 1.82) is 0 Å². The molecule has 154 valence electrons. The van der Waals surface area contributed by atoms with Gasteiger partial charge in [-0.1, -0.05) is 46.4 Å². The lowest BCUT2D eigenvalue weighted by Crippen LogP contribution is -2.20. The molecule has 1 aromatic rings. The summed E-state index contributed by atoms with van der Waals surface area (Å²) in [6.45, 7) is 1.77. The Bertz CT molecular complexity index is 552. The van der Waals surface area contributed by atoms with E-state index in [1.54, 1.807) is 26.4 Å². The molecule has 0 amide bonds. The maximum atomic E-state index is 6.21. The van der Waals surface area contributed by atoms with Crippen molar-refractivity contribution in [1.82, 2.24) is 0 Å². The molecule has 0 aliphatic carbocycles. The van der Waals surface area contributed by atoms with E-state index in [2.05, 4.69) is 0 Å². The highest BCUT2D eigenvalue weighted by atomic mass is 35.5. The molecule has 0 saturated carbocycles. The zero-order valence-electron chi connectivity index (χ0n) is 15.3. The van der Waals surface area contributed by atoms with E-state index in [1.807, 2.05) is 0 Å². The van der Waals surface area contributed by atoms with Crippen molar-refractivity contribution in [3.8, 4) is 11.5 Å². The molecule has 0 unspecified atom stereocenters. The van der Waals surface area contributed by atoms with Crippen LogP contribution in [0.3, 0.4) is 0 Å². The van der Waals surface area contributed by atoms with Gasteiger partial charge in [-0.05, 0) is 25.3 Å². The normalized spacial score (nSPS) is 10.9. The predicted octanol–water partition coefficient (Wildman–Crippen LogP) is 5.88. The SMILES string of the molecule is COC(COCCCCCOc1c(Cl)cc(OCC=C(Cl)Cl)cc1Cl)OC. The molecule has 0 saturated heterocycles. The van der Waals surface area contributed by atoms with E-state index < -0.39 is 0 Å². The first-order valence-corrected chi connectivity index (χ1v) is 9.88. The topological polar surface area (TPSA) is 46.2 Å². The van der Waals surface area contributed by atoms with Gasteiger partial charge < -0.3 is 23.7 Å². The van der Waals surface area contributed by atoms with Crippen LogP contribution >= 0.6 is 46.4 Å². The highest BCUT2D eigenvalue weighted by Gasteiger charge is 2.10. The van der Waals surface area contributed by atoms with Gasteiger partial charge in [-0.15, -0.1) is 0 Å². The van der Waals surface area contributed by atoms with Gasteiger partial charge in [-0.2, -0.15) is 0 Å². The molecule has 9 heteroatoms. The van der Waals surface area contributed by atoms with Crippen LogP contribution in [0.25, 0.3) is 0 Å². The largest absolute Gasteiger partial charge is 0.490 e. The molecule has 5 nitrogen and oxygen atoms in total. The van der Waals surface area contributed by atoms with E-state index in [1.165, 1.54) is 6.08 Å². The van der Waals surface area contributed by atoms with Gasteiger partial charge in [0, 0.05) is 33.0 Å². The Balaban J connectivity index is 2.27. The Kier molecular flexibility index (Phi) is 13.3. The highest BCUT2D eigenvalue weighted by Crippen LogP contribution is 2.37. The predicted molar refractivity (Wildman–Crippen MR) is 110 cm³/mol. The number of methoxy groups -OCH3 is 2. The minimum atomic E-state index is -0.326. The minimum absolute atomic E-state index is 0.134. The Labute approximate surface area is 180 Å². The highest BCUT2D eigenvalue weighted by molar-refractivity contribution is 6.55. The first kappa shape index (κ1) is 24.6. The van der Waals surface area contributed by atoms with Gasteiger partial charge in [0.25, 0.3) is 0 Å². The Morgan fingerprint density at radius 1 is 0.963 bits per heavy atom. The van der Waals surface area contributed by atoms with Crippen LogP contribution in [0.15, 0.2) is 22.7 Å². The molecule has 1 aromatic carbocycles. The van der Waals surface area contributed by atoms with E-state index in [4.69, 9.17) is 70.1 Å². The van der Waals surface area contributed by atoms with Crippen LogP contribution in [0, 0.1) is 0 Å². The number of rotatable bonds is 14. The molecule has 0 radical (unpaired) electrons. The number of hydrogen-bond acceptors (Lipinski definition) is 5. The molecule has 27 heavy (non-hydrogen) atoms. The lowest BCUT2D eigenvalue weighted by atomic mass is 10.2. The van der Waals surface area contributed by atoms with Crippen LogP contribution < -0.4 is 9.47 Å². The van der Waals surface area contributed by atoms with Gasteiger partial charge in [0.05, 0.1) is 23.3 Å². The number of ether oxygens (including phenoxy) is 5. The van der Waals surface area contributed by atoms with Crippen molar-refractivity contribution in [2.45, 2.75) is 25.6 Å². The van der Waals surface area contributed by atoms with Crippen molar-refractivity contribution in [3.63, 3.8) is 0 Å². The van der Waals surface area contributed by atoms with E-state index in [9.17, 15) is 0 Å². The number of benzene rings is 1. The molecule has 0 aliphatic heterocycles. The van der Waals surface area contributed by atoms with Crippen LogP contribution in [0.2, 0.25) is 10.0 Å². The van der Waals surface area contributed by atoms with Crippen LogP contribution in [0.4, 0.5) is 0 Å². The average molecular weight is 462 g/mol. The lowest BCUT2D eigenvalue weighted by Gasteiger charge is -2.13. The van der Waals surface area contributed by atoms with Crippen LogP contribution in [0.1, 0.15) is 19.3 Å². The van der Waals surface area contributed by atoms with Crippen molar-refractivity contribution in [2.75, 3.05) is 40.6 Å². The summed E-state index contributed by atoms with van der Waals surface area (Å²) in [4.78, 5) is 0. The number of unbranched alkanes of at least 4 members (excludes halogenated alkanes) is 2. The monoisotopic (exact) mass is 460 g/mol. The standard InChI is InChI=1S/C18H24Cl4O5/c1-23-17(24-2)12-25-7-4-3-5-8-27-18-14(19)10-13(11-15(18)20)26-9-6-16(21)22/h6,10-11,17H,3-5,7-9,12H2,1-2H3. The van der Waals surface area contributed by atoms with Gasteiger partial charge >= 0.3 is 0 Å². The second-order valence-corrected chi connectivity index (χ2v) is 7.23. The third-order valence-electron chi connectivity index (χ3n) is 3.42. The summed E-state index contributed by atoms with van der Waals surface area (Å²) in [6.07, 6.45) is 3.91. The second kappa shape index (κ2) is 14.6. The fourth-order valence-electron chi connectivity index (χ4n) is 2.03. The van der Waals surface area contributed by atoms with Crippen LogP contribution in [0.5, 0.6) is 11.5 Å². The van der Waals surface area contributed by atoms with Gasteiger partial charge in [0.1, 0.15) is 16.8 Å². The third-order valence-corrected chi connectivity index (χ3v) is 4.29. The molecular formula is C18H24Cl4O5. The summed E-state index contributed by atoms with van der Waals surface area (Å²) in [5.74, 6) is 0.946. The van der Waals surface area contributed by atoms with Gasteiger partial charge in [0.2, 0.25) is 0 Å². The molecule has 1 rings (SSSR count). The summed E-state index contributed by atoms with van der Waals surface area (Å²) in [5.41, 5.74) is 0. The fraction of sp³-hybridized carbons (Fsp3) is 0.556. The van der Waals surface area contributed by atoms with Crippen molar-refractivity contribution >= 4 is 46.4 Å². The lowest BCUT2D eigenvalue weighted by molar-refractivity contribution is -0.140. The molecule has 0 fully saturated rings. The summed E-state index contributed by atoms with van der Waals surface area (Å²) in [5, 5.41) is 0.763. The number of hydrogen-bond donors (Lipinski definition) is 0. The molecule has 0 heterocycles. The second-order valence-electron chi connectivity index (χ2n) is 5.41. The van der Waals surface area contributed by atoms with E-state index in [-0.39, 0.29) is 17.4 Å². The van der Waals surface area contributed by atoms with Crippen molar-refractivity contribution in [2.24, 2.45) is 0 Å². The summed E-state index contributed by atoms with van der Waals surface area (Å²) in [7, 11) is 3.16. The first-order valence-electron chi connectivity index (χ1n) is 8.37. The van der Waals surface area contributed by atoms with E-state index in [0.717, 1.165) is 19.3 Å². The zero-order valence-corrected chi connectivity index (χ0v) is 18.3. The fourth-order valence-corrected chi connectivity index (χ4v) is 2.73. The zero-order chi connectivity index (χ0) is 20.1. The molecule has 0 spiro atoms. The average Bonchev–Trinajstić information content (AvgIpc) is 2.62. The quantitative estimate of drug-likeness (QED) is 0.256. The maximum Gasteiger partial charge on any atom is 0.180 e. The van der Waals surface area contributed by atoms with Gasteiger partial charge in [0.15, 0.2) is 12.0 Å². The van der Waals surface area contributed by atoms with Crippen molar-refractivity contribution < 1.29 is 23.7 Å².